The van der Waals surface area contributed by atoms with Gasteiger partial charge in [-0.05, 0) is 24.5 Å². The van der Waals surface area contributed by atoms with Gasteiger partial charge in [-0.15, -0.1) is 10.2 Å². The summed E-state index contributed by atoms with van der Waals surface area (Å²) in [6.45, 7) is 0.629. The lowest BCUT2D eigenvalue weighted by Crippen LogP contribution is -2.31. The fourth-order valence-corrected chi connectivity index (χ4v) is 2.83. The molecular weight excluding hydrogens is 316 g/mol. The van der Waals surface area contributed by atoms with Crippen molar-refractivity contribution in [3.05, 3.63) is 52.7 Å². The third kappa shape index (κ3) is 3.78. The molecule has 1 aliphatic heterocycles. The van der Waals surface area contributed by atoms with Crippen LogP contribution in [0.15, 0.2) is 36.4 Å². The Morgan fingerprint density at radius 3 is 2.83 bits per heavy atom. The van der Waals surface area contributed by atoms with Gasteiger partial charge in [0.05, 0.1) is 11.7 Å². The van der Waals surface area contributed by atoms with Crippen molar-refractivity contribution in [2.75, 3.05) is 11.9 Å². The topological polar surface area (TPSA) is 90.1 Å². The molecule has 23 heavy (non-hydrogen) atoms. The lowest BCUT2D eigenvalue weighted by molar-refractivity contribution is 0.00973. The first kappa shape index (κ1) is 15.7. The Kier molecular flexibility index (Phi) is 4.73. The lowest BCUT2D eigenvalue weighted by atomic mass is 9.97. The second-order valence-corrected chi connectivity index (χ2v) is 5.82. The van der Waals surface area contributed by atoms with Gasteiger partial charge in [-0.1, -0.05) is 41.9 Å². The van der Waals surface area contributed by atoms with Gasteiger partial charge in [0, 0.05) is 12.6 Å². The van der Waals surface area contributed by atoms with E-state index in [4.69, 9.17) is 22.1 Å². The van der Waals surface area contributed by atoms with Gasteiger partial charge >= 0.3 is 0 Å². The van der Waals surface area contributed by atoms with E-state index in [1.165, 1.54) is 6.07 Å². The molecule has 3 rings (SSSR count). The Morgan fingerprint density at radius 2 is 2.09 bits per heavy atom. The third-order valence-corrected chi connectivity index (χ3v) is 4.01. The fourth-order valence-electron chi connectivity index (χ4n) is 2.68. The molecule has 7 heteroatoms. The van der Waals surface area contributed by atoms with Crippen molar-refractivity contribution in [1.29, 1.82) is 0 Å². The molecule has 0 bridgehead atoms. The van der Waals surface area contributed by atoms with E-state index in [9.17, 15) is 4.79 Å². The van der Waals surface area contributed by atoms with Gasteiger partial charge in [0.2, 0.25) is 0 Å². The van der Waals surface area contributed by atoms with Crippen LogP contribution in [-0.4, -0.2) is 28.8 Å². The second-order valence-electron chi connectivity index (χ2n) is 5.43. The van der Waals surface area contributed by atoms with Crippen LogP contribution in [0.3, 0.4) is 0 Å². The highest BCUT2D eigenvalue weighted by atomic mass is 35.5. The summed E-state index contributed by atoms with van der Waals surface area (Å²) in [5, 5.41) is 11.1. The maximum Gasteiger partial charge on any atom is 0.252 e. The zero-order chi connectivity index (χ0) is 16.2. The van der Waals surface area contributed by atoms with Crippen molar-refractivity contribution in [2.24, 2.45) is 5.73 Å². The van der Waals surface area contributed by atoms with Crippen LogP contribution in [0, 0.1) is 0 Å². The molecule has 0 aliphatic carbocycles. The first-order valence-corrected chi connectivity index (χ1v) is 7.77. The van der Waals surface area contributed by atoms with Gasteiger partial charge in [-0.3, -0.25) is 4.79 Å². The number of nitrogens with two attached hydrogens (primary N) is 1. The fraction of sp³-hybridized carbons (Fsp3) is 0.312. The molecule has 1 aromatic carbocycles. The summed E-state index contributed by atoms with van der Waals surface area (Å²) < 4.78 is 5.84. The van der Waals surface area contributed by atoms with E-state index in [0.29, 0.717) is 12.4 Å². The Balaban J connectivity index is 1.74. The molecular formula is C16H17ClN4O2. The Morgan fingerprint density at radius 1 is 1.30 bits per heavy atom. The molecule has 0 radical (unpaired) electrons. The van der Waals surface area contributed by atoms with E-state index in [-0.39, 0.29) is 22.9 Å². The maximum atomic E-state index is 11.5. The molecule has 1 aromatic heterocycles. The molecule has 2 aromatic rings. The second kappa shape index (κ2) is 6.93. The summed E-state index contributed by atoms with van der Waals surface area (Å²) in [5.41, 5.74) is 6.76. The summed E-state index contributed by atoms with van der Waals surface area (Å²) in [7, 11) is 0. The molecule has 2 heterocycles. The number of hydrogen-bond donors (Lipinski definition) is 2. The largest absolute Gasteiger partial charge is 0.373 e. The highest BCUT2D eigenvalue weighted by Gasteiger charge is 2.25. The minimum absolute atomic E-state index is 0.0136. The summed E-state index contributed by atoms with van der Waals surface area (Å²) in [6.07, 6.45) is 1.60. The Labute approximate surface area is 139 Å². The van der Waals surface area contributed by atoms with E-state index in [0.717, 1.165) is 18.4 Å². The van der Waals surface area contributed by atoms with E-state index >= 15 is 0 Å². The van der Waals surface area contributed by atoms with Crippen molar-refractivity contribution < 1.29 is 9.53 Å². The molecule has 1 amide bonds. The Hall–Kier alpha value is -2.18. The summed E-state index contributed by atoms with van der Waals surface area (Å²) in [5.74, 6) is -0.225. The number of anilines is 1. The number of primary amides is 1. The molecule has 1 saturated heterocycles. The van der Waals surface area contributed by atoms with Crippen LogP contribution in [0.25, 0.3) is 0 Å². The zero-order valence-corrected chi connectivity index (χ0v) is 13.2. The van der Waals surface area contributed by atoms with Crippen LogP contribution in [0.4, 0.5) is 5.82 Å². The number of ether oxygens (including phenoxy) is 1. The minimum Gasteiger partial charge on any atom is -0.373 e. The summed E-state index contributed by atoms with van der Waals surface area (Å²) >= 11 is 5.78. The SMILES string of the molecule is NC(=O)c1cc(Cl)nnc1NC1CCOC(c2ccccc2)C1. The van der Waals surface area contributed by atoms with E-state index in [1.807, 2.05) is 30.3 Å². The molecule has 1 aliphatic rings. The normalized spacial score (nSPS) is 20.9. The standard InChI is InChI=1S/C16H17ClN4O2/c17-14-9-12(15(18)22)16(21-20-14)19-11-6-7-23-13(8-11)10-4-2-1-3-5-10/h1-5,9,11,13H,6-8H2,(H2,18,22)(H,19,21). The van der Waals surface area contributed by atoms with Gasteiger partial charge in [0.15, 0.2) is 11.0 Å². The van der Waals surface area contributed by atoms with Crippen molar-refractivity contribution in [1.82, 2.24) is 10.2 Å². The number of carbonyl (C=O) groups excluding carboxylic acids is 1. The minimum atomic E-state index is -0.587. The van der Waals surface area contributed by atoms with E-state index in [2.05, 4.69) is 15.5 Å². The van der Waals surface area contributed by atoms with Crippen molar-refractivity contribution in [3.63, 3.8) is 0 Å². The van der Waals surface area contributed by atoms with Crippen LogP contribution in [0.2, 0.25) is 5.15 Å². The number of rotatable bonds is 4. The van der Waals surface area contributed by atoms with Crippen LogP contribution in [0.1, 0.15) is 34.9 Å². The quantitative estimate of drug-likeness (QED) is 0.898. The summed E-state index contributed by atoms with van der Waals surface area (Å²) in [6, 6.07) is 11.6. The smallest absolute Gasteiger partial charge is 0.252 e. The maximum absolute atomic E-state index is 11.5. The zero-order valence-electron chi connectivity index (χ0n) is 12.4. The van der Waals surface area contributed by atoms with E-state index < -0.39 is 5.91 Å². The van der Waals surface area contributed by atoms with Crippen molar-refractivity contribution in [2.45, 2.75) is 25.0 Å². The highest BCUT2D eigenvalue weighted by molar-refractivity contribution is 6.29. The van der Waals surface area contributed by atoms with Crippen LogP contribution < -0.4 is 11.1 Å². The summed E-state index contributed by atoms with van der Waals surface area (Å²) in [4.78, 5) is 11.5. The molecule has 0 saturated carbocycles. The number of nitrogens with one attached hydrogen (secondary N) is 1. The predicted octanol–water partition coefficient (Wildman–Crippen LogP) is 2.56. The molecule has 6 nitrogen and oxygen atoms in total. The van der Waals surface area contributed by atoms with Gasteiger partial charge in [-0.2, -0.15) is 0 Å². The molecule has 2 atom stereocenters. The molecule has 120 valence electrons. The number of halogens is 1. The lowest BCUT2D eigenvalue weighted by Gasteiger charge is -2.31. The first-order valence-electron chi connectivity index (χ1n) is 7.39. The average Bonchev–Trinajstić information content (AvgIpc) is 2.57. The Bertz CT molecular complexity index is 696. The van der Waals surface area contributed by atoms with Crippen LogP contribution >= 0.6 is 11.6 Å². The number of aromatic nitrogens is 2. The molecule has 3 N–H and O–H groups in total. The van der Waals surface area contributed by atoms with E-state index in [1.54, 1.807) is 0 Å². The monoisotopic (exact) mass is 332 g/mol. The number of carbonyl (C=O) groups is 1. The van der Waals surface area contributed by atoms with Gasteiger partial charge in [0.25, 0.3) is 5.91 Å². The van der Waals surface area contributed by atoms with Gasteiger partial charge in [-0.25, -0.2) is 0 Å². The van der Waals surface area contributed by atoms with Crippen LogP contribution in [0.5, 0.6) is 0 Å². The molecule has 0 spiro atoms. The van der Waals surface area contributed by atoms with Crippen LogP contribution in [-0.2, 0) is 4.74 Å². The number of benzene rings is 1. The first-order chi connectivity index (χ1) is 11.1. The third-order valence-electron chi connectivity index (χ3n) is 3.83. The number of amides is 1. The van der Waals surface area contributed by atoms with Crippen molar-refractivity contribution >= 4 is 23.3 Å². The molecule has 2 unspecified atom stereocenters. The van der Waals surface area contributed by atoms with Gasteiger partial charge in [0.1, 0.15) is 0 Å². The van der Waals surface area contributed by atoms with Gasteiger partial charge < -0.3 is 15.8 Å². The van der Waals surface area contributed by atoms with Crippen molar-refractivity contribution in [3.8, 4) is 0 Å². The number of nitrogens with zero attached hydrogens (tertiary/aromatic N) is 2. The molecule has 1 fully saturated rings. The predicted molar refractivity (Wildman–Crippen MR) is 87.3 cm³/mol. The average molecular weight is 333 g/mol. The number of hydrogen-bond acceptors (Lipinski definition) is 5. The highest BCUT2D eigenvalue weighted by Crippen LogP contribution is 2.30.